The second kappa shape index (κ2) is 8.71. The monoisotopic (exact) mass is 463 g/mol. The van der Waals surface area contributed by atoms with Gasteiger partial charge in [0.1, 0.15) is 0 Å². The fourth-order valence-electron chi connectivity index (χ4n) is 3.98. The number of amides is 2. The van der Waals surface area contributed by atoms with Gasteiger partial charge in [-0.05, 0) is 80.4 Å². The summed E-state index contributed by atoms with van der Waals surface area (Å²) in [6.45, 7) is 5.20. The van der Waals surface area contributed by atoms with Crippen LogP contribution in [-0.2, 0) is 21.2 Å². The second-order valence-electron chi connectivity index (χ2n) is 8.22. The number of sulfonamides is 1. The predicted molar refractivity (Wildman–Crippen MR) is 129 cm³/mol. The molecule has 0 bridgehead atoms. The molecule has 0 aliphatic carbocycles. The van der Waals surface area contributed by atoms with Crippen LogP contribution < -0.4 is 14.9 Å². The van der Waals surface area contributed by atoms with E-state index in [-0.39, 0.29) is 22.8 Å². The topological polar surface area (TPSA) is 95.6 Å². The van der Waals surface area contributed by atoms with Crippen molar-refractivity contribution in [1.29, 1.82) is 0 Å². The number of benzene rings is 3. The molecule has 3 aromatic rings. The minimum Gasteiger partial charge on any atom is -0.326 e. The largest absolute Gasteiger partial charge is 0.326 e. The lowest BCUT2D eigenvalue weighted by molar-refractivity contribution is -0.114. The molecular weight excluding hydrogens is 438 g/mol. The lowest BCUT2D eigenvalue weighted by Gasteiger charge is -2.24. The molecule has 1 aliphatic rings. The van der Waals surface area contributed by atoms with Crippen molar-refractivity contribution in [2.45, 2.75) is 38.1 Å². The summed E-state index contributed by atoms with van der Waals surface area (Å²) in [5.41, 5.74) is 4.07. The third kappa shape index (κ3) is 4.61. The third-order valence-corrected chi connectivity index (χ3v) is 7.48. The van der Waals surface area contributed by atoms with Crippen LogP contribution in [0, 0.1) is 6.92 Å². The van der Waals surface area contributed by atoms with E-state index in [0.717, 1.165) is 11.1 Å². The van der Waals surface area contributed by atoms with Crippen LogP contribution in [0.2, 0.25) is 0 Å². The lowest BCUT2D eigenvalue weighted by atomic mass is 10.1. The van der Waals surface area contributed by atoms with Gasteiger partial charge < -0.3 is 10.6 Å². The number of nitrogens with zero attached hydrogens (tertiary/aromatic N) is 1. The van der Waals surface area contributed by atoms with Gasteiger partial charge in [0.15, 0.2) is 0 Å². The molecule has 0 saturated heterocycles. The molecule has 33 heavy (non-hydrogen) atoms. The van der Waals surface area contributed by atoms with Crippen molar-refractivity contribution in [3.63, 3.8) is 0 Å². The Morgan fingerprint density at radius 3 is 2.12 bits per heavy atom. The standard InChI is InChI=1S/C25H25N3O4S/c1-16-4-11-23(12-5-16)33(31,32)28-17(2)14-20-15-19(6-13-24(20)28)25(30)27-22-9-7-21(8-10-22)26-18(3)29/h4-13,15,17H,14H2,1-3H3,(H,26,29)(H,27,30)/t17-/m1/s1. The van der Waals surface area contributed by atoms with E-state index in [1.807, 2.05) is 13.8 Å². The molecule has 3 aromatic carbocycles. The molecule has 0 fully saturated rings. The summed E-state index contributed by atoms with van der Waals surface area (Å²) >= 11 is 0. The highest BCUT2D eigenvalue weighted by Gasteiger charge is 2.36. The lowest BCUT2D eigenvalue weighted by Crippen LogP contribution is -2.35. The van der Waals surface area contributed by atoms with Gasteiger partial charge in [0.05, 0.1) is 10.6 Å². The van der Waals surface area contributed by atoms with Crippen molar-refractivity contribution in [1.82, 2.24) is 0 Å². The summed E-state index contributed by atoms with van der Waals surface area (Å²) in [7, 11) is -3.71. The number of hydrogen-bond acceptors (Lipinski definition) is 4. The zero-order valence-electron chi connectivity index (χ0n) is 18.6. The van der Waals surface area contributed by atoms with Crippen molar-refractivity contribution < 1.29 is 18.0 Å². The number of carbonyl (C=O) groups is 2. The summed E-state index contributed by atoms with van der Waals surface area (Å²) in [6, 6.07) is 18.4. The van der Waals surface area contributed by atoms with Crippen LogP contribution in [0.1, 0.15) is 35.3 Å². The Hall–Kier alpha value is -3.65. The van der Waals surface area contributed by atoms with Gasteiger partial charge in [-0.2, -0.15) is 0 Å². The van der Waals surface area contributed by atoms with Gasteiger partial charge in [-0.15, -0.1) is 0 Å². The molecule has 1 aliphatic heterocycles. The van der Waals surface area contributed by atoms with Crippen LogP contribution >= 0.6 is 0 Å². The molecule has 8 heteroatoms. The van der Waals surface area contributed by atoms with Gasteiger partial charge in [-0.3, -0.25) is 13.9 Å². The average Bonchev–Trinajstić information content (AvgIpc) is 3.10. The van der Waals surface area contributed by atoms with Gasteiger partial charge in [0.25, 0.3) is 15.9 Å². The number of carbonyl (C=O) groups excluding carboxylic acids is 2. The number of fused-ring (bicyclic) bond motifs is 1. The Kier molecular flexibility index (Phi) is 5.95. The SMILES string of the molecule is CC(=O)Nc1ccc(NC(=O)c2ccc3c(c2)C[C@@H](C)N3S(=O)(=O)c2ccc(C)cc2)cc1. The normalized spacial score (nSPS) is 15.1. The summed E-state index contributed by atoms with van der Waals surface area (Å²) in [4.78, 5) is 24.2. The fraction of sp³-hybridized carbons (Fsp3) is 0.200. The summed E-state index contributed by atoms with van der Waals surface area (Å²) in [6.07, 6.45) is 0.521. The van der Waals surface area contributed by atoms with Gasteiger partial charge in [-0.1, -0.05) is 17.7 Å². The smallest absolute Gasteiger partial charge is 0.264 e. The minimum atomic E-state index is -3.71. The van der Waals surface area contributed by atoms with Crippen LogP contribution in [0.25, 0.3) is 0 Å². The quantitative estimate of drug-likeness (QED) is 0.588. The molecule has 4 rings (SSSR count). The fourth-order valence-corrected chi connectivity index (χ4v) is 5.67. The maximum atomic E-state index is 13.3. The van der Waals surface area contributed by atoms with Crippen LogP contribution in [0.3, 0.4) is 0 Å². The van der Waals surface area contributed by atoms with Gasteiger partial charge in [-0.25, -0.2) is 8.42 Å². The zero-order valence-corrected chi connectivity index (χ0v) is 19.4. The minimum absolute atomic E-state index is 0.169. The molecule has 7 nitrogen and oxygen atoms in total. The van der Waals surface area contributed by atoms with Crippen LogP contribution in [-0.4, -0.2) is 26.3 Å². The molecule has 1 atom stereocenters. The molecule has 0 saturated carbocycles. The van der Waals surface area contributed by atoms with Crippen molar-refractivity contribution in [2.24, 2.45) is 0 Å². The van der Waals surface area contributed by atoms with E-state index >= 15 is 0 Å². The van der Waals surface area contributed by atoms with Crippen LogP contribution in [0.15, 0.2) is 71.6 Å². The summed E-state index contributed by atoms with van der Waals surface area (Å²) in [5.74, 6) is -0.463. The van der Waals surface area contributed by atoms with Crippen LogP contribution in [0.5, 0.6) is 0 Å². The molecule has 0 spiro atoms. The van der Waals surface area contributed by atoms with Crippen molar-refractivity contribution in [3.8, 4) is 0 Å². The van der Waals surface area contributed by atoms with Gasteiger partial charge >= 0.3 is 0 Å². The Morgan fingerprint density at radius 2 is 1.52 bits per heavy atom. The Balaban J connectivity index is 1.55. The Labute approximate surface area is 193 Å². The molecule has 2 amide bonds. The first kappa shape index (κ1) is 22.5. The molecule has 2 N–H and O–H groups in total. The maximum Gasteiger partial charge on any atom is 0.264 e. The highest BCUT2D eigenvalue weighted by molar-refractivity contribution is 7.92. The summed E-state index contributed by atoms with van der Waals surface area (Å²) < 4.78 is 28.0. The van der Waals surface area contributed by atoms with E-state index in [4.69, 9.17) is 0 Å². The van der Waals surface area contributed by atoms with E-state index in [9.17, 15) is 18.0 Å². The first-order valence-corrected chi connectivity index (χ1v) is 12.0. The molecular formula is C25H25N3O4S. The van der Waals surface area contributed by atoms with E-state index in [0.29, 0.717) is 29.0 Å². The van der Waals surface area contributed by atoms with E-state index in [2.05, 4.69) is 10.6 Å². The number of rotatable bonds is 5. The Morgan fingerprint density at radius 1 is 0.909 bits per heavy atom. The average molecular weight is 464 g/mol. The van der Waals surface area contributed by atoms with Gasteiger partial charge in [0, 0.05) is 29.9 Å². The first-order valence-electron chi connectivity index (χ1n) is 10.6. The van der Waals surface area contributed by atoms with Crippen molar-refractivity contribution in [2.75, 3.05) is 14.9 Å². The molecule has 1 heterocycles. The molecule has 0 unspecified atom stereocenters. The number of anilines is 3. The maximum absolute atomic E-state index is 13.3. The van der Waals surface area contributed by atoms with Gasteiger partial charge in [0.2, 0.25) is 5.91 Å². The first-order chi connectivity index (χ1) is 15.6. The Bertz CT molecular complexity index is 1320. The zero-order chi connectivity index (χ0) is 23.8. The molecule has 170 valence electrons. The van der Waals surface area contributed by atoms with E-state index < -0.39 is 10.0 Å². The van der Waals surface area contributed by atoms with E-state index in [1.54, 1.807) is 66.7 Å². The molecule has 0 aromatic heterocycles. The highest BCUT2D eigenvalue weighted by atomic mass is 32.2. The van der Waals surface area contributed by atoms with E-state index in [1.165, 1.54) is 11.2 Å². The van der Waals surface area contributed by atoms with Crippen molar-refractivity contribution in [3.05, 3.63) is 83.4 Å². The number of hydrogen-bond donors (Lipinski definition) is 2. The number of aryl methyl sites for hydroxylation is 1. The number of nitrogens with one attached hydrogen (secondary N) is 2. The molecule has 0 radical (unpaired) electrons. The second-order valence-corrected chi connectivity index (χ2v) is 10.0. The summed E-state index contributed by atoms with van der Waals surface area (Å²) in [5, 5.41) is 5.50. The highest BCUT2D eigenvalue weighted by Crippen LogP contribution is 2.37. The van der Waals surface area contributed by atoms with Crippen LogP contribution in [0.4, 0.5) is 17.1 Å². The predicted octanol–water partition coefficient (Wildman–Crippen LogP) is 4.35. The van der Waals surface area contributed by atoms with Crippen molar-refractivity contribution >= 4 is 38.9 Å². The third-order valence-electron chi connectivity index (χ3n) is 5.54.